The fourth-order valence-corrected chi connectivity index (χ4v) is 4.09. The second-order valence-electron chi connectivity index (χ2n) is 7.47. The standard InChI is InChI=1S/C23H32N2O/c1-4-22(25(2)3)21(16-18-8-6-5-7-9-18)19-10-12-20(13-11-19)23-17-24-14-15-26-23/h5-13,21-24H,4,14-17H2,1-3H3. The zero-order chi connectivity index (χ0) is 18.4. The predicted octanol–water partition coefficient (Wildman–Crippen LogP) is 4.01. The van der Waals surface area contributed by atoms with E-state index in [0.717, 1.165) is 32.5 Å². The highest BCUT2D eigenvalue weighted by molar-refractivity contribution is 5.30. The van der Waals surface area contributed by atoms with Gasteiger partial charge in [-0.3, -0.25) is 0 Å². The Balaban J connectivity index is 1.83. The molecule has 2 aromatic rings. The molecule has 0 aromatic heterocycles. The van der Waals surface area contributed by atoms with Gasteiger partial charge in [-0.05, 0) is 43.6 Å². The molecule has 1 heterocycles. The van der Waals surface area contributed by atoms with Gasteiger partial charge in [0.1, 0.15) is 0 Å². The predicted molar refractivity (Wildman–Crippen MR) is 109 cm³/mol. The number of hydrogen-bond donors (Lipinski definition) is 1. The molecule has 0 amide bonds. The maximum absolute atomic E-state index is 5.90. The Morgan fingerprint density at radius 3 is 2.38 bits per heavy atom. The van der Waals surface area contributed by atoms with Crippen LogP contribution >= 0.6 is 0 Å². The number of hydrogen-bond acceptors (Lipinski definition) is 3. The van der Waals surface area contributed by atoms with E-state index in [4.69, 9.17) is 4.74 Å². The topological polar surface area (TPSA) is 24.5 Å². The molecule has 1 aliphatic heterocycles. The molecule has 1 fully saturated rings. The number of likely N-dealkylation sites (N-methyl/N-ethyl adjacent to an activating group) is 1. The molecule has 3 nitrogen and oxygen atoms in total. The van der Waals surface area contributed by atoms with E-state index in [-0.39, 0.29) is 6.10 Å². The van der Waals surface area contributed by atoms with Gasteiger partial charge >= 0.3 is 0 Å². The number of ether oxygens (including phenoxy) is 1. The Morgan fingerprint density at radius 1 is 1.08 bits per heavy atom. The highest BCUT2D eigenvalue weighted by Gasteiger charge is 2.24. The summed E-state index contributed by atoms with van der Waals surface area (Å²) in [6, 6.07) is 20.5. The van der Waals surface area contributed by atoms with E-state index in [2.05, 4.69) is 85.8 Å². The summed E-state index contributed by atoms with van der Waals surface area (Å²) in [7, 11) is 4.39. The number of rotatable bonds is 7. The third-order valence-electron chi connectivity index (χ3n) is 5.51. The minimum absolute atomic E-state index is 0.182. The molecular weight excluding hydrogens is 320 g/mol. The van der Waals surface area contributed by atoms with Gasteiger partial charge in [0.2, 0.25) is 0 Å². The van der Waals surface area contributed by atoms with Crippen LogP contribution in [0.3, 0.4) is 0 Å². The van der Waals surface area contributed by atoms with E-state index in [1.807, 2.05) is 0 Å². The van der Waals surface area contributed by atoms with Crippen molar-refractivity contribution in [3.05, 3.63) is 71.3 Å². The van der Waals surface area contributed by atoms with Crippen molar-refractivity contribution in [1.82, 2.24) is 10.2 Å². The fourth-order valence-electron chi connectivity index (χ4n) is 4.09. The third kappa shape index (κ3) is 4.73. The molecule has 0 spiro atoms. The Hall–Kier alpha value is -1.68. The SMILES string of the molecule is CCC(C(Cc1ccccc1)c1ccc(C2CNCCO2)cc1)N(C)C. The summed E-state index contributed by atoms with van der Waals surface area (Å²) < 4.78 is 5.90. The smallest absolute Gasteiger partial charge is 0.0949 e. The van der Waals surface area contributed by atoms with Gasteiger partial charge in [-0.1, -0.05) is 61.5 Å². The van der Waals surface area contributed by atoms with Gasteiger partial charge in [-0.25, -0.2) is 0 Å². The van der Waals surface area contributed by atoms with Crippen LogP contribution in [0.25, 0.3) is 0 Å². The largest absolute Gasteiger partial charge is 0.371 e. The molecule has 1 N–H and O–H groups in total. The van der Waals surface area contributed by atoms with Crippen molar-refractivity contribution >= 4 is 0 Å². The van der Waals surface area contributed by atoms with Gasteiger partial charge in [0.15, 0.2) is 0 Å². The summed E-state index contributed by atoms with van der Waals surface area (Å²) in [5, 5.41) is 3.41. The van der Waals surface area contributed by atoms with Gasteiger partial charge in [0.05, 0.1) is 12.7 Å². The van der Waals surface area contributed by atoms with Crippen LogP contribution in [-0.4, -0.2) is 44.7 Å². The molecule has 1 aliphatic rings. The average Bonchev–Trinajstić information content (AvgIpc) is 2.69. The molecule has 0 bridgehead atoms. The van der Waals surface area contributed by atoms with Gasteiger partial charge in [-0.15, -0.1) is 0 Å². The van der Waals surface area contributed by atoms with E-state index >= 15 is 0 Å². The van der Waals surface area contributed by atoms with E-state index < -0.39 is 0 Å². The minimum Gasteiger partial charge on any atom is -0.371 e. The molecule has 140 valence electrons. The Kier molecular flexibility index (Phi) is 6.84. The maximum Gasteiger partial charge on any atom is 0.0949 e. The summed E-state index contributed by atoms with van der Waals surface area (Å²) >= 11 is 0. The molecule has 1 saturated heterocycles. The zero-order valence-electron chi connectivity index (χ0n) is 16.3. The first-order valence-corrected chi connectivity index (χ1v) is 9.81. The van der Waals surface area contributed by atoms with Crippen LogP contribution in [0.4, 0.5) is 0 Å². The lowest BCUT2D eigenvalue weighted by atomic mass is 9.83. The van der Waals surface area contributed by atoms with Crippen LogP contribution in [0.1, 0.15) is 42.1 Å². The Labute approximate surface area is 158 Å². The summed E-state index contributed by atoms with van der Waals surface area (Å²) in [4.78, 5) is 2.37. The first-order chi connectivity index (χ1) is 12.7. The van der Waals surface area contributed by atoms with Crippen molar-refractivity contribution in [3.8, 4) is 0 Å². The van der Waals surface area contributed by atoms with Crippen molar-refractivity contribution in [2.24, 2.45) is 0 Å². The lowest BCUT2D eigenvalue weighted by Crippen LogP contribution is -2.35. The molecule has 0 aliphatic carbocycles. The van der Waals surface area contributed by atoms with Crippen LogP contribution in [0.5, 0.6) is 0 Å². The minimum atomic E-state index is 0.182. The number of benzene rings is 2. The summed E-state index contributed by atoms with van der Waals surface area (Å²) in [5.41, 5.74) is 4.10. The van der Waals surface area contributed by atoms with Crippen LogP contribution in [0.2, 0.25) is 0 Å². The highest BCUT2D eigenvalue weighted by Crippen LogP contribution is 2.30. The van der Waals surface area contributed by atoms with Crippen molar-refractivity contribution in [2.45, 2.75) is 37.8 Å². The van der Waals surface area contributed by atoms with E-state index in [9.17, 15) is 0 Å². The first-order valence-electron chi connectivity index (χ1n) is 9.81. The molecule has 3 atom stereocenters. The van der Waals surface area contributed by atoms with Crippen molar-refractivity contribution < 1.29 is 4.74 Å². The van der Waals surface area contributed by atoms with E-state index in [1.165, 1.54) is 16.7 Å². The van der Waals surface area contributed by atoms with Crippen molar-refractivity contribution in [1.29, 1.82) is 0 Å². The molecule has 3 heteroatoms. The highest BCUT2D eigenvalue weighted by atomic mass is 16.5. The number of nitrogens with zero attached hydrogens (tertiary/aromatic N) is 1. The molecule has 3 unspecified atom stereocenters. The van der Waals surface area contributed by atoms with Gasteiger partial charge < -0.3 is 15.0 Å². The monoisotopic (exact) mass is 352 g/mol. The molecule has 0 radical (unpaired) electrons. The second kappa shape index (κ2) is 9.31. The average molecular weight is 353 g/mol. The molecule has 2 aromatic carbocycles. The Bertz CT molecular complexity index is 648. The maximum atomic E-state index is 5.90. The van der Waals surface area contributed by atoms with Gasteiger partial charge in [0, 0.05) is 25.0 Å². The lowest BCUT2D eigenvalue weighted by molar-refractivity contribution is 0.0277. The van der Waals surface area contributed by atoms with Crippen molar-refractivity contribution in [2.75, 3.05) is 33.8 Å². The Morgan fingerprint density at radius 2 is 1.81 bits per heavy atom. The van der Waals surface area contributed by atoms with E-state index in [0.29, 0.717) is 12.0 Å². The zero-order valence-corrected chi connectivity index (χ0v) is 16.3. The quantitative estimate of drug-likeness (QED) is 0.815. The molecule has 26 heavy (non-hydrogen) atoms. The van der Waals surface area contributed by atoms with E-state index in [1.54, 1.807) is 0 Å². The second-order valence-corrected chi connectivity index (χ2v) is 7.47. The summed E-state index contributed by atoms with van der Waals surface area (Å²) in [6.45, 7) is 4.94. The van der Waals surface area contributed by atoms with Crippen LogP contribution in [-0.2, 0) is 11.2 Å². The first kappa shape index (κ1) is 19.1. The third-order valence-corrected chi connectivity index (χ3v) is 5.51. The molecular formula is C23H32N2O. The normalized spacial score (nSPS) is 20.1. The molecule has 0 saturated carbocycles. The molecule has 3 rings (SSSR count). The van der Waals surface area contributed by atoms with Gasteiger partial charge in [-0.2, -0.15) is 0 Å². The fraction of sp³-hybridized carbons (Fsp3) is 0.478. The van der Waals surface area contributed by atoms with Gasteiger partial charge in [0.25, 0.3) is 0 Å². The van der Waals surface area contributed by atoms with Crippen molar-refractivity contribution in [3.63, 3.8) is 0 Å². The van der Waals surface area contributed by atoms with Crippen LogP contribution in [0.15, 0.2) is 54.6 Å². The van der Waals surface area contributed by atoms with Crippen LogP contribution in [0, 0.1) is 0 Å². The number of morpholine rings is 1. The number of nitrogens with one attached hydrogen (secondary N) is 1. The lowest BCUT2D eigenvalue weighted by Gasteiger charge is -2.33. The summed E-state index contributed by atoms with van der Waals surface area (Å²) in [6.07, 6.45) is 2.39. The van der Waals surface area contributed by atoms with Crippen LogP contribution < -0.4 is 5.32 Å². The summed E-state index contributed by atoms with van der Waals surface area (Å²) in [5.74, 6) is 0.483.